The maximum atomic E-state index is 8.89. The van der Waals surface area contributed by atoms with Crippen LogP contribution in [-0.2, 0) is 0 Å². The third kappa shape index (κ3) is 2.93. The number of nitrogens with zero attached hydrogens (tertiary/aromatic N) is 3. The number of hydrogen-bond acceptors (Lipinski definition) is 4. The van der Waals surface area contributed by atoms with E-state index in [9.17, 15) is 0 Å². The van der Waals surface area contributed by atoms with Crippen LogP contribution in [0.1, 0.15) is 12.5 Å². The SMILES string of the molecule is CCN1CCN(c2cccc(Cl)c2C(N)=NO)CC1. The van der Waals surface area contributed by atoms with Crippen LogP contribution >= 0.6 is 11.6 Å². The van der Waals surface area contributed by atoms with Crippen molar-refractivity contribution in [1.82, 2.24) is 4.90 Å². The summed E-state index contributed by atoms with van der Waals surface area (Å²) in [5.74, 6) is 0.0542. The molecule has 1 heterocycles. The van der Waals surface area contributed by atoms with Crippen molar-refractivity contribution in [3.8, 4) is 0 Å². The van der Waals surface area contributed by atoms with Crippen molar-refractivity contribution in [2.24, 2.45) is 10.9 Å². The van der Waals surface area contributed by atoms with E-state index in [1.54, 1.807) is 6.07 Å². The van der Waals surface area contributed by atoms with Gasteiger partial charge in [0.15, 0.2) is 5.84 Å². The molecule has 19 heavy (non-hydrogen) atoms. The highest BCUT2D eigenvalue weighted by molar-refractivity contribution is 6.34. The number of likely N-dealkylation sites (N-methyl/N-ethyl adjacent to an activating group) is 1. The fourth-order valence-electron chi connectivity index (χ4n) is 2.38. The molecule has 1 aliphatic rings. The predicted octanol–water partition coefficient (Wildman–Crippen LogP) is 1.58. The second-order valence-electron chi connectivity index (χ2n) is 4.54. The van der Waals surface area contributed by atoms with Crippen molar-refractivity contribution in [1.29, 1.82) is 0 Å². The fourth-order valence-corrected chi connectivity index (χ4v) is 2.65. The third-order valence-corrected chi connectivity index (χ3v) is 3.83. The first-order valence-corrected chi connectivity index (χ1v) is 6.79. The molecular weight excluding hydrogens is 264 g/mol. The Labute approximate surface area is 118 Å². The molecule has 5 nitrogen and oxygen atoms in total. The van der Waals surface area contributed by atoms with Gasteiger partial charge in [0.1, 0.15) is 0 Å². The molecular formula is C13H19ClN4O. The lowest BCUT2D eigenvalue weighted by atomic mass is 10.1. The van der Waals surface area contributed by atoms with Gasteiger partial charge in [-0.3, -0.25) is 0 Å². The molecule has 0 unspecified atom stereocenters. The lowest BCUT2D eigenvalue weighted by Crippen LogP contribution is -2.46. The van der Waals surface area contributed by atoms with Crippen LogP contribution < -0.4 is 10.6 Å². The molecule has 0 atom stereocenters. The Morgan fingerprint density at radius 3 is 2.63 bits per heavy atom. The maximum absolute atomic E-state index is 8.89. The van der Waals surface area contributed by atoms with Crippen molar-refractivity contribution in [3.63, 3.8) is 0 Å². The molecule has 0 amide bonds. The second-order valence-corrected chi connectivity index (χ2v) is 4.95. The van der Waals surface area contributed by atoms with E-state index < -0.39 is 0 Å². The van der Waals surface area contributed by atoms with Gasteiger partial charge < -0.3 is 20.7 Å². The van der Waals surface area contributed by atoms with Crippen LogP contribution in [0.25, 0.3) is 0 Å². The summed E-state index contributed by atoms with van der Waals surface area (Å²) in [6.07, 6.45) is 0. The normalized spacial score (nSPS) is 17.8. The standard InChI is InChI=1S/C13H19ClN4O/c1-2-17-6-8-18(9-7-17)11-5-3-4-10(14)12(11)13(15)16-19/h3-5,19H,2,6-9H2,1H3,(H2,15,16). The van der Waals surface area contributed by atoms with Crippen molar-refractivity contribution < 1.29 is 5.21 Å². The van der Waals surface area contributed by atoms with Crippen molar-refractivity contribution >= 4 is 23.1 Å². The van der Waals surface area contributed by atoms with Gasteiger partial charge in [0.25, 0.3) is 0 Å². The van der Waals surface area contributed by atoms with E-state index in [1.807, 2.05) is 12.1 Å². The number of rotatable bonds is 3. The predicted molar refractivity (Wildman–Crippen MR) is 78.3 cm³/mol. The molecule has 0 spiro atoms. The highest BCUT2D eigenvalue weighted by Crippen LogP contribution is 2.28. The van der Waals surface area contributed by atoms with Gasteiger partial charge in [-0.2, -0.15) is 0 Å². The van der Waals surface area contributed by atoms with Crippen LogP contribution in [0.5, 0.6) is 0 Å². The average Bonchev–Trinajstić information content (AvgIpc) is 2.46. The highest BCUT2D eigenvalue weighted by atomic mass is 35.5. The summed E-state index contributed by atoms with van der Waals surface area (Å²) in [5.41, 5.74) is 7.27. The molecule has 1 aromatic rings. The molecule has 0 saturated carbocycles. The average molecular weight is 283 g/mol. The lowest BCUT2D eigenvalue weighted by Gasteiger charge is -2.36. The number of anilines is 1. The fraction of sp³-hybridized carbons (Fsp3) is 0.462. The van der Waals surface area contributed by atoms with Gasteiger partial charge in [0, 0.05) is 31.9 Å². The number of hydrogen-bond donors (Lipinski definition) is 2. The van der Waals surface area contributed by atoms with Crippen LogP contribution in [0.3, 0.4) is 0 Å². The van der Waals surface area contributed by atoms with Gasteiger partial charge in [0.2, 0.25) is 0 Å². The first-order valence-electron chi connectivity index (χ1n) is 6.41. The smallest absolute Gasteiger partial charge is 0.173 e. The Morgan fingerprint density at radius 2 is 2.05 bits per heavy atom. The number of halogens is 1. The number of benzene rings is 1. The minimum Gasteiger partial charge on any atom is -0.409 e. The van der Waals surface area contributed by atoms with Crippen molar-refractivity contribution in [3.05, 3.63) is 28.8 Å². The number of nitrogens with two attached hydrogens (primary N) is 1. The zero-order valence-corrected chi connectivity index (χ0v) is 11.8. The molecule has 0 aliphatic carbocycles. The van der Waals surface area contributed by atoms with Gasteiger partial charge in [-0.1, -0.05) is 29.7 Å². The Balaban J connectivity index is 2.28. The molecule has 1 saturated heterocycles. The zero-order chi connectivity index (χ0) is 13.8. The van der Waals surface area contributed by atoms with Crippen molar-refractivity contribution in [2.45, 2.75) is 6.92 Å². The van der Waals surface area contributed by atoms with E-state index in [2.05, 4.69) is 21.9 Å². The Bertz CT molecular complexity index is 470. The molecule has 1 fully saturated rings. The van der Waals surface area contributed by atoms with Gasteiger partial charge in [0.05, 0.1) is 10.6 Å². The Kier molecular flexibility index (Phi) is 4.50. The van der Waals surface area contributed by atoms with Gasteiger partial charge in [-0.25, -0.2) is 0 Å². The molecule has 1 aliphatic heterocycles. The summed E-state index contributed by atoms with van der Waals surface area (Å²) in [4.78, 5) is 4.62. The zero-order valence-electron chi connectivity index (χ0n) is 11.0. The van der Waals surface area contributed by atoms with E-state index in [-0.39, 0.29) is 5.84 Å². The third-order valence-electron chi connectivity index (χ3n) is 3.52. The Morgan fingerprint density at radius 1 is 1.37 bits per heavy atom. The summed E-state index contributed by atoms with van der Waals surface area (Å²) in [7, 11) is 0. The van der Waals surface area contributed by atoms with Crippen LogP contribution in [0, 0.1) is 0 Å². The molecule has 104 valence electrons. The van der Waals surface area contributed by atoms with Crippen LogP contribution in [0.4, 0.5) is 5.69 Å². The lowest BCUT2D eigenvalue weighted by molar-refractivity contribution is 0.271. The largest absolute Gasteiger partial charge is 0.409 e. The minimum absolute atomic E-state index is 0.0542. The second kappa shape index (κ2) is 6.12. The van der Waals surface area contributed by atoms with E-state index in [0.717, 1.165) is 38.4 Å². The number of oxime groups is 1. The van der Waals surface area contributed by atoms with Gasteiger partial charge >= 0.3 is 0 Å². The maximum Gasteiger partial charge on any atom is 0.173 e. The number of piperazine rings is 1. The summed E-state index contributed by atoms with van der Waals surface area (Å²) < 4.78 is 0. The number of amidine groups is 1. The summed E-state index contributed by atoms with van der Waals surface area (Å²) in [6, 6.07) is 5.60. The first kappa shape index (κ1) is 14.0. The van der Waals surface area contributed by atoms with E-state index in [1.165, 1.54) is 0 Å². The summed E-state index contributed by atoms with van der Waals surface area (Å²) >= 11 is 6.17. The van der Waals surface area contributed by atoms with Crippen LogP contribution in [0.2, 0.25) is 5.02 Å². The van der Waals surface area contributed by atoms with Gasteiger partial charge in [-0.15, -0.1) is 0 Å². The summed E-state index contributed by atoms with van der Waals surface area (Å²) in [5, 5.41) is 12.5. The molecule has 3 N–H and O–H groups in total. The van der Waals surface area contributed by atoms with E-state index in [0.29, 0.717) is 10.6 Å². The topological polar surface area (TPSA) is 65.1 Å². The molecule has 0 aromatic heterocycles. The first-order chi connectivity index (χ1) is 9.17. The molecule has 0 radical (unpaired) electrons. The molecule has 0 bridgehead atoms. The van der Waals surface area contributed by atoms with E-state index >= 15 is 0 Å². The van der Waals surface area contributed by atoms with E-state index in [4.69, 9.17) is 22.5 Å². The summed E-state index contributed by atoms with van der Waals surface area (Å²) in [6.45, 7) is 7.09. The molecule has 1 aromatic carbocycles. The van der Waals surface area contributed by atoms with Crippen molar-refractivity contribution in [2.75, 3.05) is 37.6 Å². The molecule has 6 heteroatoms. The van der Waals surface area contributed by atoms with Crippen LogP contribution in [0.15, 0.2) is 23.4 Å². The monoisotopic (exact) mass is 282 g/mol. The molecule has 2 rings (SSSR count). The van der Waals surface area contributed by atoms with Crippen LogP contribution in [-0.4, -0.2) is 48.7 Å². The quantitative estimate of drug-likeness (QED) is 0.382. The Hall–Kier alpha value is -1.46. The minimum atomic E-state index is 0.0542. The highest BCUT2D eigenvalue weighted by Gasteiger charge is 2.21. The van der Waals surface area contributed by atoms with Gasteiger partial charge in [-0.05, 0) is 18.7 Å².